The van der Waals surface area contributed by atoms with E-state index in [1.165, 1.54) is 6.07 Å². The average molecular weight is 275 g/mol. The molecule has 0 aromatic heterocycles. The molecule has 0 saturated carbocycles. The fourth-order valence-corrected chi connectivity index (χ4v) is 2.23. The average Bonchev–Trinajstić information content (AvgIpc) is 2.28. The van der Waals surface area contributed by atoms with Crippen LogP contribution in [0.3, 0.4) is 0 Å². The zero-order chi connectivity index (χ0) is 12.8. The van der Waals surface area contributed by atoms with Crippen molar-refractivity contribution in [1.82, 2.24) is 0 Å². The number of nitrogens with zero attached hydrogens (tertiary/aromatic N) is 1. The second kappa shape index (κ2) is 6.71. The number of anilines is 1. The van der Waals surface area contributed by atoms with Crippen molar-refractivity contribution in [3.05, 3.63) is 33.3 Å². The van der Waals surface area contributed by atoms with Crippen LogP contribution < -0.4 is 5.32 Å². The normalized spacial score (nSPS) is 12.2. The Balaban J connectivity index is 2.85. The highest BCUT2D eigenvalue weighted by atomic mass is 35.5. The van der Waals surface area contributed by atoms with Crippen LogP contribution in [0.5, 0.6) is 0 Å². The summed E-state index contributed by atoms with van der Waals surface area (Å²) in [6, 6.07) is 4.84. The van der Waals surface area contributed by atoms with Crippen LogP contribution in [0, 0.1) is 10.1 Å². The second-order valence-corrected chi connectivity index (χ2v) is 5.11. The predicted molar refractivity (Wildman–Crippen MR) is 74.2 cm³/mol. The van der Waals surface area contributed by atoms with E-state index in [4.69, 9.17) is 11.6 Å². The molecule has 0 aliphatic carbocycles. The van der Waals surface area contributed by atoms with Crippen molar-refractivity contribution in [3.63, 3.8) is 0 Å². The summed E-state index contributed by atoms with van der Waals surface area (Å²) in [5.74, 6) is 1.01. The van der Waals surface area contributed by atoms with Crippen molar-refractivity contribution in [2.24, 2.45) is 0 Å². The minimum atomic E-state index is -0.421. The summed E-state index contributed by atoms with van der Waals surface area (Å²) in [7, 11) is 0. The SMILES string of the molecule is CSCCC(C)Nc1c(Cl)cccc1[N+](=O)[O-]. The van der Waals surface area contributed by atoms with Crippen LogP contribution in [0.4, 0.5) is 11.4 Å². The standard InChI is InChI=1S/C11H15ClN2O2S/c1-8(6-7-17-2)13-11-9(12)4-3-5-10(11)14(15)16/h3-5,8,13H,6-7H2,1-2H3. The van der Waals surface area contributed by atoms with Crippen LogP contribution in [0.25, 0.3) is 0 Å². The lowest BCUT2D eigenvalue weighted by Gasteiger charge is -2.15. The number of halogens is 1. The Hall–Kier alpha value is -0.940. The van der Waals surface area contributed by atoms with Crippen LogP contribution in [0.1, 0.15) is 13.3 Å². The summed E-state index contributed by atoms with van der Waals surface area (Å²) >= 11 is 7.73. The molecule has 0 saturated heterocycles. The van der Waals surface area contributed by atoms with Gasteiger partial charge in [-0.1, -0.05) is 17.7 Å². The highest BCUT2D eigenvalue weighted by Crippen LogP contribution is 2.32. The molecule has 1 rings (SSSR count). The van der Waals surface area contributed by atoms with Gasteiger partial charge in [0.05, 0.1) is 9.95 Å². The molecule has 4 nitrogen and oxygen atoms in total. The first kappa shape index (κ1) is 14.1. The molecular formula is C11H15ClN2O2S. The molecule has 1 aromatic rings. The summed E-state index contributed by atoms with van der Waals surface area (Å²) in [6.45, 7) is 1.99. The topological polar surface area (TPSA) is 55.2 Å². The third-order valence-corrected chi connectivity index (χ3v) is 3.29. The molecule has 0 aliphatic heterocycles. The molecule has 0 aliphatic rings. The van der Waals surface area contributed by atoms with Crippen molar-refractivity contribution < 1.29 is 4.92 Å². The van der Waals surface area contributed by atoms with Gasteiger partial charge in [-0.05, 0) is 31.4 Å². The lowest BCUT2D eigenvalue weighted by atomic mass is 10.2. The highest BCUT2D eigenvalue weighted by Gasteiger charge is 2.17. The van der Waals surface area contributed by atoms with E-state index in [2.05, 4.69) is 5.32 Å². The lowest BCUT2D eigenvalue weighted by Crippen LogP contribution is -2.17. The second-order valence-electron chi connectivity index (χ2n) is 3.72. The van der Waals surface area contributed by atoms with E-state index in [1.54, 1.807) is 23.9 Å². The van der Waals surface area contributed by atoms with Crippen molar-refractivity contribution in [2.75, 3.05) is 17.3 Å². The molecule has 6 heteroatoms. The number of nitro groups is 1. The predicted octanol–water partition coefficient (Wildman–Crippen LogP) is 3.80. The van der Waals surface area contributed by atoms with Crippen LogP contribution in [0.2, 0.25) is 5.02 Å². The van der Waals surface area contributed by atoms with E-state index in [-0.39, 0.29) is 11.7 Å². The molecule has 0 heterocycles. The Labute approximate surface area is 110 Å². The van der Waals surface area contributed by atoms with E-state index in [0.29, 0.717) is 10.7 Å². The first-order valence-corrected chi connectivity index (χ1v) is 7.01. The lowest BCUT2D eigenvalue weighted by molar-refractivity contribution is -0.384. The molecule has 1 unspecified atom stereocenters. The summed E-state index contributed by atoms with van der Waals surface area (Å²) in [6.07, 6.45) is 2.97. The molecule has 1 atom stereocenters. The van der Waals surface area contributed by atoms with Gasteiger partial charge in [0.1, 0.15) is 5.69 Å². The van der Waals surface area contributed by atoms with Gasteiger partial charge >= 0.3 is 0 Å². The molecule has 1 aromatic carbocycles. The minimum Gasteiger partial charge on any atom is -0.376 e. The summed E-state index contributed by atoms with van der Waals surface area (Å²) in [4.78, 5) is 10.5. The van der Waals surface area contributed by atoms with Crippen LogP contribution >= 0.6 is 23.4 Å². The molecule has 0 spiro atoms. The van der Waals surface area contributed by atoms with Gasteiger partial charge in [0.15, 0.2) is 0 Å². The molecule has 0 bridgehead atoms. The smallest absolute Gasteiger partial charge is 0.293 e. The summed E-state index contributed by atoms with van der Waals surface area (Å²) in [5, 5.41) is 14.4. The Morgan fingerprint density at radius 1 is 1.59 bits per heavy atom. The monoisotopic (exact) mass is 274 g/mol. The van der Waals surface area contributed by atoms with Gasteiger partial charge in [0, 0.05) is 12.1 Å². The van der Waals surface area contributed by atoms with E-state index >= 15 is 0 Å². The van der Waals surface area contributed by atoms with Gasteiger partial charge in [-0.2, -0.15) is 11.8 Å². The number of rotatable bonds is 6. The number of thioether (sulfide) groups is 1. The Morgan fingerprint density at radius 3 is 2.88 bits per heavy atom. The first-order valence-electron chi connectivity index (χ1n) is 5.24. The van der Waals surface area contributed by atoms with E-state index < -0.39 is 4.92 Å². The van der Waals surface area contributed by atoms with Gasteiger partial charge in [-0.3, -0.25) is 10.1 Å². The van der Waals surface area contributed by atoms with Crippen molar-refractivity contribution in [1.29, 1.82) is 0 Å². The molecule has 0 radical (unpaired) electrons. The molecule has 1 N–H and O–H groups in total. The zero-order valence-electron chi connectivity index (χ0n) is 9.77. The van der Waals surface area contributed by atoms with Gasteiger partial charge in [-0.25, -0.2) is 0 Å². The molecular weight excluding hydrogens is 260 g/mol. The number of para-hydroxylation sites is 1. The summed E-state index contributed by atoms with van der Waals surface area (Å²) < 4.78 is 0. The number of hydrogen-bond donors (Lipinski definition) is 1. The minimum absolute atomic E-state index is 0.0218. The highest BCUT2D eigenvalue weighted by molar-refractivity contribution is 7.98. The molecule has 0 amide bonds. The third-order valence-electron chi connectivity index (χ3n) is 2.33. The number of hydrogen-bond acceptors (Lipinski definition) is 4. The van der Waals surface area contributed by atoms with Gasteiger partial charge in [-0.15, -0.1) is 0 Å². The Bertz CT molecular complexity index is 401. The Kier molecular flexibility index (Phi) is 5.58. The fourth-order valence-electron chi connectivity index (χ4n) is 1.42. The Morgan fingerprint density at radius 2 is 2.29 bits per heavy atom. The fraction of sp³-hybridized carbons (Fsp3) is 0.455. The number of nitrogens with one attached hydrogen (secondary N) is 1. The van der Waals surface area contributed by atoms with E-state index in [1.807, 2.05) is 13.2 Å². The van der Waals surface area contributed by atoms with Crippen LogP contribution in [-0.2, 0) is 0 Å². The maximum Gasteiger partial charge on any atom is 0.293 e. The number of nitro benzene ring substituents is 1. The third kappa shape index (κ3) is 4.09. The van der Waals surface area contributed by atoms with E-state index in [0.717, 1.165) is 12.2 Å². The van der Waals surface area contributed by atoms with Crippen LogP contribution in [0.15, 0.2) is 18.2 Å². The zero-order valence-corrected chi connectivity index (χ0v) is 11.3. The maximum atomic E-state index is 10.9. The van der Waals surface area contributed by atoms with Crippen molar-refractivity contribution >= 4 is 34.7 Å². The van der Waals surface area contributed by atoms with Crippen molar-refractivity contribution in [3.8, 4) is 0 Å². The van der Waals surface area contributed by atoms with Gasteiger partial charge in [0.25, 0.3) is 5.69 Å². The van der Waals surface area contributed by atoms with E-state index in [9.17, 15) is 10.1 Å². The molecule has 17 heavy (non-hydrogen) atoms. The molecule has 94 valence electrons. The van der Waals surface area contributed by atoms with Crippen LogP contribution in [-0.4, -0.2) is 23.0 Å². The largest absolute Gasteiger partial charge is 0.376 e. The van der Waals surface area contributed by atoms with Crippen molar-refractivity contribution in [2.45, 2.75) is 19.4 Å². The maximum absolute atomic E-state index is 10.9. The quantitative estimate of drug-likeness (QED) is 0.633. The molecule has 0 fully saturated rings. The first-order chi connectivity index (χ1) is 8.06. The number of benzene rings is 1. The van der Waals surface area contributed by atoms with Gasteiger partial charge < -0.3 is 5.32 Å². The van der Waals surface area contributed by atoms with Gasteiger partial charge in [0.2, 0.25) is 0 Å². The summed E-state index contributed by atoms with van der Waals surface area (Å²) in [5.41, 5.74) is 0.432.